The standard InChI is InChI=1S/C18H20N4O2/c23-18(15-11-14-5-1-2-7-17(14)24-13-15)22-9-4-3-6-16(22)12-21-10-8-19-20-21/h1-2,5,7-8,10-11,16H,3-4,6,9,12-13H2. The smallest absolute Gasteiger partial charge is 0.253 e. The van der Waals surface area contributed by atoms with E-state index in [0.29, 0.717) is 13.2 Å². The van der Waals surface area contributed by atoms with E-state index in [-0.39, 0.29) is 11.9 Å². The molecule has 2 aliphatic rings. The molecule has 0 N–H and O–H groups in total. The number of amides is 1. The van der Waals surface area contributed by atoms with Crippen LogP contribution in [0.2, 0.25) is 0 Å². The van der Waals surface area contributed by atoms with Gasteiger partial charge in [0.15, 0.2) is 0 Å². The van der Waals surface area contributed by atoms with Gasteiger partial charge < -0.3 is 9.64 Å². The molecule has 0 spiro atoms. The topological polar surface area (TPSA) is 60.2 Å². The van der Waals surface area contributed by atoms with Crippen LogP contribution in [-0.4, -0.2) is 45.0 Å². The number of hydrogen-bond donors (Lipinski definition) is 0. The predicted octanol–water partition coefficient (Wildman–Crippen LogP) is 2.14. The lowest BCUT2D eigenvalue weighted by molar-refractivity contribution is -0.131. The largest absolute Gasteiger partial charge is 0.488 e. The van der Waals surface area contributed by atoms with Crippen molar-refractivity contribution in [3.05, 3.63) is 47.8 Å². The second-order valence-corrected chi connectivity index (χ2v) is 6.27. The number of hydrogen-bond acceptors (Lipinski definition) is 4. The van der Waals surface area contributed by atoms with E-state index < -0.39 is 0 Å². The molecule has 124 valence electrons. The first kappa shape index (κ1) is 14.9. The number of piperidine rings is 1. The summed E-state index contributed by atoms with van der Waals surface area (Å²) in [4.78, 5) is 15.0. The zero-order chi connectivity index (χ0) is 16.4. The summed E-state index contributed by atoms with van der Waals surface area (Å²) < 4.78 is 7.55. The van der Waals surface area contributed by atoms with Gasteiger partial charge in [-0.25, -0.2) is 0 Å². The molecule has 0 saturated carbocycles. The van der Waals surface area contributed by atoms with E-state index in [1.54, 1.807) is 10.9 Å². The van der Waals surface area contributed by atoms with Gasteiger partial charge in [-0.15, -0.1) is 5.10 Å². The highest BCUT2D eigenvalue weighted by Crippen LogP contribution is 2.28. The van der Waals surface area contributed by atoms with Gasteiger partial charge in [0.2, 0.25) is 0 Å². The minimum absolute atomic E-state index is 0.0781. The number of benzene rings is 1. The Morgan fingerprint density at radius 3 is 3.08 bits per heavy atom. The van der Waals surface area contributed by atoms with E-state index in [2.05, 4.69) is 10.3 Å². The molecule has 1 unspecified atom stereocenters. The SMILES string of the molecule is O=C(C1=Cc2ccccc2OC1)N1CCCCC1Cn1ccnn1. The Kier molecular flexibility index (Phi) is 4.02. The summed E-state index contributed by atoms with van der Waals surface area (Å²) in [6.07, 6.45) is 8.66. The van der Waals surface area contributed by atoms with Gasteiger partial charge in [0, 0.05) is 18.3 Å². The number of rotatable bonds is 3. The van der Waals surface area contributed by atoms with Crippen LogP contribution in [-0.2, 0) is 11.3 Å². The van der Waals surface area contributed by atoms with E-state index in [1.165, 1.54) is 0 Å². The number of carbonyl (C=O) groups is 1. The zero-order valence-corrected chi connectivity index (χ0v) is 13.5. The van der Waals surface area contributed by atoms with Crippen LogP contribution < -0.4 is 4.74 Å². The maximum absolute atomic E-state index is 13.0. The summed E-state index contributed by atoms with van der Waals surface area (Å²) in [7, 11) is 0. The Morgan fingerprint density at radius 1 is 1.29 bits per heavy atom. The molecular weight excluding hydrogens is 304 g/mol. The third kappa shape index (κ3) is 2.91. The molecule has 2 aromatic rings. The molecule has 1 saturated heterocycles. The molecule has 0 radical (unpaired) electrons. The van der Waals surface area contributed by atoms with E-state index in [9.17, 15) is 4.79 Å². The van der Waals surface area contributed by atoms with Crippen molar-refractivity contribution in [1.82, 2.24) is 19.9 Å². The van der Waals surface area contributed by atoms with Crippen molar-refractivity contribution >= 4 is 12.0 Å². The Balaban J connectivity index is 1.55. The van der Waals surface area contributed by atoms with Crippen LogP contribution in [0.25, 0.3) is 6.08 Å². The van der Waals surface area contributed by atoms with Gasteiger partial charge in [0.05, 0.1) is 24.4 Å². The molecule has 3 heterocycles. The zero-order valence-electron chi connectivity index (χ0n) is 13.5. The summed E-state index contributed by atoms with van der Waals surface area (Å²) in [5.41, 5.74) is 1.69. The lowest BCUT2D eigenvalue weighted by atomic mass is 9.99. The van der Waals surface area contributed by atoms with Crippen LogP contribution in [0.5, 0.6) is 5.75 Å². The lowest BCUT2D eigenvalue weighted by Gasteiger charge is -2.36. The number of likely N-dealkylation sites (tertiary alicyclic amines) is 1. The highest BCUT2D eigenvalue weighted by Gasteiger charge is 2.30. The molecular formula is C18H20N4O2. The Hall–Kier alpha value is -2.63. The minimum atomic E-state index is 0.0781. The molecule has 2 aliphatic heterocycles. The quantitative estimate of drug-likeness (QED) is 0.868. The first-order valence-electron chi connectivity index (χ1n) is 8.39. The molecule has 24 heavy (non-hydrogen) atoms. The molecule has 0 aliphatic carbocycles. The highest BCUT2D eigenvalue weighted by atomic mass is 16.5. The van der Waals surface area contributed by atoms with E-state index in [1.807, 2.05) is 41.4 Å². The fraction of sp³-hybridized carbons (Fsp3) is 0.389. The van der Waals surface area contributed by atoms with Gasteiger partial charge >= 0.3 is 0 Å². The van der Waals surface area contributed by atoms with Gasteiger partial charge in [0.25, 0.3) is 5.91 Å². The van der Waals surface area contributed by atoms with Crippen LogP contribution in [0.15, 0.2) is 42.2 Å². The van der Waals surface area contributed by atoms with Crippen LogP contribution in [0.4, 0.5) is 0 Å². The third-order valence-electron chi connectivity index (χ3n) is 4.66. The number of para-hydroxylation sites is 1. The van der Waals surface area contributed by atoms with Gasteiger partial charge in [-0.1, -0.05) is 23.4 Å². The molecule has 6 nitrogen and oxygen atoms in total. The van der Waals surface area contributed by atoms with E-state index >= 15 is 0 Å². The molecule has 0 bridgehead atoms. The molecule has 1 aromatic carbocycles. The van der Waals surface area contributed by atoms with Crippen LogP contribution in [0.3, 0.4) is 0 Å². The van der Waals surface area contributed by atoms with Crippen molar-refractivity contribution < 1.29 is 9.53 Å². The minimum Gasteiger partial charge on any atom is -0.488 e. The number of aromatic nitrogens is 3. The Morgan fingerprint density at radius 2 is 2.21 bits per heavy atom. The second kappa shape index (κ2) is 6.47. The average Bonchev–Trinajstić information content (AvgIpc) is 3.14. The van der Waals surface area contributed by atoms with Crippen LogP contribution >= 0.6 is 0 Å². The van der Waals surface area contributed by atoms with Gasteiger partial charge in [-0.05, 0) is 31.4 Å². The van der Waals surface area contributed by atoms with Crippen LogP contribution in [0, 0.1) is 0 Å². The average molecular weight is 324 g/mol. The van der Waals surface area contributed by atoms with Gasteiger partial charge in [-0.3, -0.25) is 9.48 Å². The molecule has 1 aromatic heterocycles. The number of nitrogens with zero attached hydrogens (tertiary/aromatic N) is 4. The fourth-order valence-electron chi connectivity index (χ4n) is 3.43. The number of carbonyl (C=O) groups excluding carboxylic acids is 1. The first-order chi connectivity index (χ1) is 11.8. The fourth-order valence-corrected chi connectivity index (χ4v) is 3.43. The van der Waals surface area contributed by atoms with Crippen molar-refractivity contribution in [2.75, 3.05) is 13.2 Å². The van der Waals surface area contributed by atoms with E-state index in [4.69, 9.17) is 4.74 Å². The summed E-state index contributed by atoms with van der Waals surface area (Å²) in [5.74, 6) is 0.918. The molecule has 1 atom stereocenters. The maximum atomic E-state index is 13.0. The summed E-state index contributed by atoms with van der Waals surface area (Å²) in [5, 5.41) is 7.89. The number of fused-ring (bicyclic) bond motifs is 1. The summed E-state index contributed by atoms with van der Waals surface area (Å²) >= 11 is 0. The highest BCUT2D eigenvalue weighted by molar-refractivity contribution is 5.99. The van der Waals surface area contributed by atoms with Crippen molar-refractivity contribution in [1.29, 1.82) is 0 Å². The van der Waals surface area contributed by atoms with Crippen molar-refractivity contribution in [3.63, 3.8) is 0 Å². The maximum Gasteiger partial charge on any atom is 0.253 e. The Labute approximate surface area is 140 Å². The van der Waals surface area contributed by atoms with Crippen LogP contribution in [0.1, 0.15) is 24.8 Å². The van der Waals surface area contributed by atoms with Crippen molar-refractivity contribution in [2.24, 2.45) is 0 Å². The monoisotopic (exact) mass is 324 g/mol. The Bertz CT molecular complexity index is 754. The summed E-state index contributed by atoms with van der Waals surface area (Å²) in [6.45, 7) is 1.82. The van der Waals surface area contributed by atoms with E-state index in [0.717, 1.165) is 42.7 Å². The molecule has 4 rings (SSSR count). The van der Waals surface area contributed by atoms with Gasteiger partial charge in [0.1, 0.15) is 12.4 Å². The van der Waals surface area contributed by atoms with Crippen molar-refractivity contribution in [3.8, 4) is 5.75 Å². The second-order valence-electron chi connectivity index (χ2n) is 6.27. The number of ether oxygens (including phenoxy) is 1. The lowest BCUT2D eigenvalue weighted by Crippen LogP contribution is -2.47. The normalized spacial score (nSPS) is 20.1. The molecule has 1 fully saturated rings. The first-order valence-corrected chi connectivity index (χ1v) is 8.39. The predicted molar refractivity (Wildman–Crippen MR) is 89.3 cm³/mol. The van der Waals surface area contributed by atoms with Crippen molar-refractivity contribution in [2.45, 2.75) is 31.8 Å². The molecule has 1 amide bonds. The molecule has 6 heteroatoms. The van der Waals surface area contributed by atoms with Gasteiger partial charge in [-0.2, -0.15) is 0 Å². The third-order valence-corrected chi connectivity index (χ3v) is 4.66. The summed E-state index contributed by atoms with van der Waals surface area (Å²) in [6, 6.07) is 7.97.